The highest BCUT2D eigenvalue weighted by atomic mass is 16.5. The average Bonchev–Trinajstić information content (AvgIpc) is 2.19. The molecule has 0 unspecified atom stereocenters. The number of methoxy groups -OCH3 is 1. The van der Waals surface area contributed by atoms with Crippen molar-refractivity contribution in [3.63, 3.8) is 0 Å². The maximum atomic E-state index is 5.23. The number of ether oxygens (including phenoxy) is 1. The molecule has 0 spiro atoms. The molecule has 14 heavy (non-hydrogen) atoms. The Morgan fingerprint density at radius 2 is 2.00 bits per heavy atom. The van der Waals surface area contributed by atoms with Gasteiger partial charge in [0.1, 0.15) is 5.75 Å². The van der Waals surface area contributed by atoms with Crippen LogP contribution >= 0.6 is 0 Å². The van der Waals surface area contributed by atoms with E-state index in [1.165, 1.54) is 12.0 Å². The van der Waals surface area contributed by atoms with Crippen LogP contribution < -0.4 is 4.74 Å². The van der Waals surface area contributed by atoms with Gasteiger partial charge < -0.3 is 4.74 Å². The summed E-state index contributed by atoms with van der Waals surface area (Å²) in [6, 6.07) is 8.40. The molecule has 0 amide bonds. The summed E-state index contributed by atoms with van der Waals surface area (Å²) in [5.41, 5.74) is 1.39. The molecule has 0 N–H and O–H groups in total. The molecule has 0 bridgehead atoms. The number of hydrogen-bond acceptors (Lipinski definition) is 1. The molecule has 0 aliphatic heterocycles. The Kier molecular flexibility index (Phi) is 3.99. The highest BCUT2D eigenvalue weighted by Crippen LogP contribution is 2.29. The lowest BCUT2D eigenvalue weighted by Crippen LogP contribution is -2.05. The van der Waals surface area contributed by atoms with Gasteiger partial charge in [-0.05, 0) is 36.0 Å². The van der Waals surface area contributed by atoms with Crippen molar-refractivity contribution in [2.45, 2.75) is 33.1 Å². The topological polar surface area (TPSA) is 9.23 Å². The summed E-state index contributed by atoms with van der Waals surface area (Å²) in [4.78, 5) is 0. The van der Waals surface area contributed by atoms with E-state index in [-0.39, 0.29) is 0 Å². The van der Waals surface area contributed by atoms with Crippen molar-refractivity contribution in [3.05, 3.63) is 29.8 Å². The first kappa shape index (κ1) is 11.1. The summed E-state index contributed by atoms with van der Waals surface area (Å²) < 4.78 is 5.23. The Balaban J connectivity index is 2.92. The second-order valence-corrected chi connectivity index (χ2v) is 4.04. The lowest BCUT2D eigenvalue weighted by Gasteiger charge is -2.19. The zero-order valence-corrected chi connectivity index (χ0v) is 9.58. The van der Waals surface area contributed by atoms with Crippen LogP contribution in [0.3, 0.4) is 0 Å². The summed E-state index contributed by atoms with van der Waals surface area (Å²) in [6.07, 6.45) is 1.19. The van der Waals surface area contributed by atoms with Crippen molar-refractivity contribution in [1.29, 1.82) is 0 Å². The van der Waals surface area contributed by atoms with Crippen LogP contribution in [0.25, 0.3) is 0 Å². The van der Waals surface area contributed by atoms with Gasteiger partial charge in [-0.3, -0.25) is 0 Å². The van der Waals surface area contributed by atoms with Crippen LogP contribution in [0.1, 0.15) is 38.7 Å². The van der Waals surface area contributed by atoms with Gasteiger partial charge in [-0.2, -0.15) is 0 Å². The summed E-state index contributed by atoms with van der Waals surface area (Å²) in [6.45, 7) is 6.78. The van der Waals surface area contributed by atoms with Crippen molar-refractivity contribution in [2.24, 2.45) is 5.92 Å². The van der Waals surface area contributed by atoms with Crippen molar-refractivity contribution >= 4 is 0 Å². The van der Waals surface area contributed by atoms with Gasteiger partial charge in [0.25, 0.3) is 0 Å². The van der Waals surface area contributed by atoms with Crippen molar-refractivity contribution in [2.75, 3.05) is 7.11 Å². The second-order valence-electron chi connectivity index (χ2n) is 4.04. The molecular weight excluding hydrogens is 172 g/mol. The predicted molar refractivity (Wildman–Crippen MR) is 60.9 cm³/mol. The fraction of sp³-hybridized carbons (Fsp3) is 0.538. The Morgan fingerprint density at radius 3 is 2.50 bits per heavy atom. The van der Waals surface area contributed by atoms with Gasteiger partial charge in [-0.25, -0.2) is 0 Å². The molecule has 0 saturated carbocycles. The highest BCUT2D eigenvalue weighted by Gasteiger charge is 2.13. The summed E-state index contributed by atoms with van der Waals surface area (Å²) in [7, 11) is 1.72. The maximum absolute atomic E-state index is 5.23. The van der Waals surface area contributed by atoms with E-state index in [9.17, 15) is 0 Å². The molecule has 0 radical (unpaired) electrons. The SMILES string of the molecule is CC[C@@H](c1cccc(OC)c1)C(C)C. The predicted octanol–water partition coefficient (Wildman–Crippen LogP) is 3.84. The largest absolute Gasteiger partial charge is 0.497 e. The molecule has 78 valence electrons. The van der Waals surface area contributed by atoms with E-state index in [1.807, 2.05) is 6.07 Å². The van der Waals surface area contributed by atoms with E-state index in [2.05, 4.69) is 39.0 Å². The summed E-state index contributed by atoms with van der Waals surface area (Å²) in [5, 5.41) is 0. The first-order valence-electron chi connectivity index (χ1n) is 5.33. The lowest BCUT2D eigenvalue weighted by atomic mass is 9.86. The van der Waals surface area contributed by atoms with E-state index in [1.54, 1.807) is 7.11 Å². The van der Waals surface area contributed by atoms with Gasteiger partial charge in [-0.1, -0.05) is 32.9 Å². The third-order valence-electron chi connectivity index (χ3n) is 2.77. The minimum atomic E-state index is 0.644. The molecule has 0 fully saturated rings. The Morgan fingerprint density at radius 1 is 1.29 bits per heavy atom. The Bertz CT molecular complexity index is 278. The van der Waals surface area contributed by atoms with E-state index in [0.717, 1.165) is 5.75 Å². The quantitative estimate of drug-likeness (QED) is 0.704. The van der Waals surface area contributed by atoms with Crippen LogP contribution in [0.2, 0.25) is 0 Å². The Labute approximate surface area is 87.1 Å². The van der Waals surface area contributed by atoms with Crippen LogP contribution in [0.4, 0.5) is 0 Å². The molecule has 0 saturated heterocycles. The first-order valence-corrected chi connectivity index (χ1v) is 5.33. The van der Waals surface area contributed by atoms with E-state index >= 15 is 0 Å². The minimum absolute atomic E-state index is 0.644. The minimum Gasteiger partial charge on any atom is -0.497 e. The highest BCUT2D eigenvalue weighted by molar-refractivity contribution is 5.31. The molecule has 1 atom stereocenters. The van der Waals surface area contributed by atoms with Gasteiger partial charge in [0.05, 0.1) is 7.11 Å². The van der Waals surface area contributed by atoms with Gasteiger partial charge in [0.15, 0.2) is 0 Å². The monoisotopic (exact) mass is 192 g/mol. The number of hydrogen-bond donors (Lipinski definition) is 0. The number of benzene rings is 1. The number of rotatable bonds is 4. The normalized spacial score (nSPS) is 12.9. The molecule has 1 rings (SSSR count). The fourth-order valence-electron chi connectivity index (χ4n) is 1.96. The van der Waals surface area contributed by atoms with Crippen LogP contribution in [0, 0.1) is 5.92 Å². The smallest absolute Gasteiger partial charge is 0.119 e. The zero-order valence-electron chi connectivity index (χ0n) is 9.58. The molecule has 1 nitrogen and oxygen atoms in total. The molecule has 0 aliphatic rings. The van der Waals surface area contributed by atoms with Gasteiger partial charge in [-0.15, -0.1) is 0 Å². The van der Waals surface area contributed by atoms with Crippen molar-refractivity contribution in [1.82, 2.24) is 0 Å². The maximum Gasteiger partial charge on any atom is 0.119 e. The van der Waals surface area contributed by atoms with Crippen LogP contribution in [0.15, 0.2) is 24.3 Å². The molecule has 0 aliphatic carbocycles. The summed E-state index contributed by atoms with van der Waals surface area (Å²) in [5.74, 6) is 2.29. The third kappa shape index (κ3) is 2.50. The van der Waals surface area contributed by atoms with Gasteiger partial charge in [0.2, 0.25) is 0 Å². The second kappa shape index (κ2) is 5.04. The van der Waals surface area contributed by atoms with E-state index in [4.69, 9.17) is 4.74 Å². The van der Waals surface area contributed by atoms with Crippen molar-refractivity contribution in [3.8, 4) is 5.75 Å². The molecule has 0 heterocycles. The van der Waals surface area contributed by atoms with Crippen LogP contribution in [-0.2, 0) is 0 Å². The van der Waals surface area contributed by atoms with Gasteiger partial charge >= 0.3 is 0 Å². The molecule has 1 heteroatoms. The van der Waals surface area contributed by atoms with Crippen molar-refractivity contribution < 1.29 is 4.74 Å². The Hall–Kier alpha value is -0.980. The van der Waals surface area contributed by atoms with E-state index in [0.29, 0.717) is 11.8 Å². The molecular formula is C13H20O. The molecule has 1 aromatic rings. The average molecular weight is 192 g/mol. The summed E-state index contributed by atoms with van der Waals surface area (Å²) >= 11 is 0. The standard InChI is InChI=1S/C13H20O/c1-5-13(10(2)3)11-7-6-8-12(9-11)14-4/h6-10,13H,5H2,1-4H3/t13-/m1/s1. The third-order valence-corrected chi connectivity index (χ3v) is 2.77. The van der Waals surface area contributed by atoms with E-state index < -0.39 is 0 Å². The molecule has 0 aromatic heterocycles. The zero-order chi connectivity index (χ0) is 10.6. The molecule has 1 aromatic carbocycles. The van der Waals surface area contributed by atoms with Crippen LogP contribution in [-0.4, -0.2) is 7.11 Å². The first-order chi connectivity index (χ1) is 6.69. The fourth-order valence-corrected chi connectivity index (χ4v) is 1.96. The lowest BCUT2D eigenvalue weighted by molar-refractivity contribution is 0.411. The van der Waals surface area contributed by atoms with Gasteiger partial charge in [0, 0.05) is 0 Å². The van der Waals surface area contributed by atoms with Crippen LogP contribution in [0.5, 0.6) is 5.75 Å².